The summed E-state index contributed by atoms with van der Waals surface area (Å²) in [4.78, 5) is 0.325. The van der Waals surface area contributed by atoms with Crippen molar-refractivity contribution in [1.29, 1.82) is 0 Å². The molecule has 0 unspecified atom stereocenters. The van der Waals surface area contributed by atoms with Gasteiger partial charge in [0.2, 0.25) is 10.0 Å². The number of nitrogens with two attached hydrogens (primary N) is 1. The van der Waals surface area contributed by atoms with Crippen molar-refractivity contribution in [3.05, 3.63) is 42.0 Å². The van der Waals surface area contributed by atoms with Crippen molar-refractivity contribution in [2.75, 3.05) is 0 Å². The molecule has 0 aliphatic heterocycles. The van der Waals surface area contributed by atoms with Crippen molar-refractivity contribution in [3.63, 3.8) is 0 Å². The number of sulfonamides is 1. The first kappa shape index (κ1) is 14.5. The molecule has 1 fully saturated rings. The quantitative estimate of drug-likeness (QED) is 0.941. The van der Waals surface area contributed by atoms with E-state index in [1.165, 1.54) is 32.1 Å². The summed E-state index contributed by atoms with van der Waals surface area (Å²) < 4.78 is 24.2. The average Bonchev–Trinajstić information content (AvgIpc) is 2.47. The molecule has 3 rings (SSSR count). The summed E-state index contributed by atoms with van der Waals surface area (Å²) in [6.07, 6.45) is 7.01. The van der Waals surface area contributed by atoms with Crippen molar-refractivity contribution in [3.8, 4) is 0 Å². The first-order valence-corrected chi connectivity index (χ1v) is 9.14. The number of benzene rings is 2. The molecule has 0 bridgehead atoms. The van der Waals surface area contributed by atoms with Crippen LogP contribution in [0, 0.1) is 5.92 Å². The van der Waals surface area contributed by atoms with E-state index in [-0.39, 0.29) is 0 Å². The Bertz CT molecular complexity index is 746. The molecule has 1 saturated carbocycles. The van der Waals surface area contributed by atoms with E-state index in [0.29, 0.717) is 10.8 Å². The zero-order valence-electron chi connectivity index (χ0n) is 12.1. The average molecular weight is 303 g/mol. The lowest BCUT2D eigenvalue weighted by Gasteiger charge is -2.22. The van der Waals surface area contributed by atoms with Gasteiger partial charge in [0.05, 0.1) is 4.90 Å². The van der Waals surface area contributed by atoms with Crippen LogP contribution in [-0.2, 0) is 16.4 Å². The third kappa shape index (κ3) is 3.11. The van der Waals surface area contributed by atoms with Gasteiger partial charge < -0.3 is 0 Å². The fourth-order valence-corrected chi connectivity index (χ4v) is 4.50. The highest BCUT2D eigenvalue weighted by Gasteiger charge is 2.21. The second-order valence-corrected chi connectivity index (χ2v) is 7.53. The topological polar surface area (TPSA) is 60.2 Å². The minimum absolute atomic E-state index is 0.325. The Labute approximate surface area is 126 Å². The standard InChI is InChI=1S/C17H21NO2S/c18-21(19,20)17-15(12-13-6-2-1-3-7-13)11-10-14-8-4-5-9-16(14)17/h4-5,8-11,13H,1-3,6-7,12H2,(H2,18,19,20). The summed E-state index contributed by atoms with van der Waals surface area (Å²) in [5.74, 6) is 0.584. The Morgan fingerprint density at radius 1 is 1.00 bits per heavy atom. The molecular weight excluding hydrogens is 282 g/mol. The molecule has 2 aromatic carbocycles. The molecule has 3 nitrogen and oxygen atoms in total. The van der Waals surface area contributed by atoms with Crippen LogP contribution in [0.15, 0.2) is 41.3 Å². The molecule has 4 heteroatoms. The Hall–Kier alpha value is -1.39. The fourth-order valence-electron chi connectivity index (χ4n) is 3.49. The monoisotopic (exact) mass is 303 g/mol. The highest BCUT2D eigenvalue weighted by Crippen LogP contribution is 2.32. The Balaban J connectivity index is 2.09. The molecule has 0 heterocycles. The predicted molar refractivity (Wildman–Crippen MR) is 85.6 cm³/mol. The third-order valence-electron chi connectivity index (χ3n) is 4.48. The second kappa shape index (κ2) is 5.78. The Morgan fingerprint density at radius 2 is 1.71 bits per heavy atom. The van der Waals surface area contributed by atoms with Crippen LogP contribution < -0.4 is 5.14 Å². The normalized spacial score (nSPS) is 17.2. The van der Waals surface area contributed by atoms with E-state index in [1.54, 1.807) is 0 Å². The number of hydrogen-bond acceptors (Lipinski definition) is 2. The first-order valence-electron chi connectivity index (χ1n) is 7.59. The van der Waals surface area contributed by atoms with Crippen LogP contribution in [0.5, 0.6) is 0 Å². The van der Waals surface area contributed by atoms with Gasteiger partial charge in [0, 0.05) is 5.39 Å². The lowest BCUT2D eigenvalue weighted by molar-refractivity contribution is 0.355. The number of primary sulfonamides is 1. The van der Waals surface area contributed by atoms with E-state index >= 15 is 0 Å². The summed E-state index contributed by atoms with van der Waals surface area (Å²) in [5, 5.41) is 7.17. The van der Waals surface area contributed by atoms with Crippen LogP contribution in [-0.4, -0.2) is 8.42 Å². The molecule has 112 valence electrons. The molecule has 2 aromatic rings. The van der Waals surface area contributed by atoms with Gasteiger partial charge >= 0.3 is 0 Å². The van der Waals surface area contributed by atoms with Gasteiger partial charge in [-0.15, -0.1) is 0 Å². The van der Waals surface area contributed by atoms with Gasteiger partial charge in [-0.05, 0) is 23.3 Å². The van der Waals surface area contributed by atoms with Gasteiger partial charge in [-0.3, -0.25) is 0 Å². The lowest BCUT2D eigenvalue weighted by atomic mass is 9.84. The van der Waals surface area contributed by atoms with Crippen LogP contribution in [0.25, 0.3) is 10.8 Å². The van der Waals surface area contributed by atoms with Crippen LogP contribution >= 0.6 is 0 Å². The molecule has 0 spiro atoms. The zero-order chi connectivity index (χ0) is 14.9. The molecule has 1 aliphatic carbocycles. The number of fused-ring (bicyclic) bond motifs is 1. The van der Waals surface area contributed by atoms with Crippen molar-refractivity contribution in [2.24, 2.45) is 11.1 Å². The Morgan fingerprint density at radius 3 is 2.43 bits per heavy atom. The first-order chi connectivity index (χ1) is 10.1. The van der Waals surface area contributed by atoms with E-state index < -0.39 is 10.0 Å². The molecule has 0 saturated heterocycles. The summed E-state index contributed by atoms with van der Waals surface area (Å²) in [6, 6.07) is 11.5. The predicted octanol–water partition coefficient (Wildman–Crippen LogP) is 3.61. The van der Waals surface area contributed by atoms with Crippen LogP contribution in [0.2, 0.25) is 0 Å². The van der Waals surface area contributed by atoms with Crippen LogP contribution in [0.1, 0.15) is 37.7 Å². The van der Waals surface area contributed by atoms with Crippen LogP contribution in [0.3, 0.4) is 0 Å². The fraction of sp³-hybridized carbons (Fsp3) is 0.412. The van der Waals surface area contributed by atoms with Crippen molar-refractivity contribution < 1.29 is 8.42 Å². The second-order valence-electron chi connectivity index (χ2n) is 6.03. The van der Waals surface area contributed by atoms with Gasteiger partial charge in [-0.1, -0.05) is 68.5 Å². The lowest BCUT2D eigenvalue weighted by Crippen LogP contribution is -2.17. The van der Waals surface area contributed by atoms with Gasteiger partial charge in [0.1, 0.15) is 0 Å². The highest BCUT2D eigenvalue weighted by atomic mass is 32.2. The van der Waals surface area contributed by atoms with Crippen LogP contribution in [0.4, 0.5) is 0 Å². The van der Waals surface area contributed by atoms with Gasteiger partial charge in [0.15, 0.2) is 0 Å². The SMILES string of the molecule is NS(=O)(=O)c1c(CC2CCCCC2)ccc2ccccc12. The smallest absolute Gasteiger partial charge is 0.225 e. The molecule has 0 amide bonds. The molecule has 2 N–H and O–H groups in total. The largest absolute Gasteiger partial charge is 0.238 e. The molecule has 1 aliphatic rings. The summed E-state index contributed by atoms with van der Waals surface area (Å²) in [5.41, 5.74) is 0.878. The summed E-state index contributed by atoms with van der Waals surface area (Å²) in [7, 11) is -3.71. The zero-order valence-corrected chi connectivity index (χ0v) is 12.9. The maximum atomic E-state index is 12.1. The van der Waals surface area contributed by atoms with E-state index in [2.05, 4.69) is 0 Å². The van der Waals surface area contributed by atoms with E-state index in [1.807, 2.05) is 36.4 Å². The minimum atomic E-state index is -3.71. The molecular formula is C17H21NO2S. The summed E-state index contributed by atoms with van der Waals surface area (Å²) in [6.45, 7) is 0. The maximum Gasteiger partial charge on any atom is 0.238 e. The van der Waals surface area contributed by atoms with Gasteiger partial charge in [-0.25, -0.2) is 13.6 Å². The molecule has 0 atom stereocenters. The Kier molecular flexibility index (Phi) is 4.00. The van der Waals surface area contributed by atoms with E-state index in [9.17, 15) is 8.42 Å². The molecule has 0 aromatic heterocycles. The van der Waals surface area contributed by atoms with Crippen molar-refractivity contribution in [1.82, 2.24) is 0 Å². The van der Waals surface area contributed by atoms with E-state index in [4.69, 9.17) is 5.14 Å². The van der Waals surface area contributed by atoms with Gasteiger partial charge in [0.25, 0.3) is 0 Å². The highest BCUT2D eigenvalue weighted by molar-refractivity contribution is 7.89. The van der Waals surface area contributed by atoms with Crippen molar-refractivity contribution >= 4 is 20.8 Å². The van der Waals surface area contributed by atoms with Crippen molar-refractivity contribution in [2.45, 2.75) is 43.4 Å². The number of rotatable bonds is 3. The molecule has 21 heavy (non-hydrogen) atoms. The third-order valence-corrected chi connectivity index (χ3v) is 5.53. The van der Waals surface area contributed by atoms with E-state index in [0.717, 1.165) is 22.8 Å². The summed E-state index contributed by atoms with van der Waals surface area (Å²) >= 11 is 0. The number of hydrogen-bond donors (Lipinski definition) is 1. The van der Waals surface area contributed by atoms with Gasteiger partial charge in [-0.2, -0.15) is 0 Å². The minimum Gasteiger partial charge on any atom is -0.225 e. The maximum absolute atomic E-state index is 12.1. The molecule has 0 radical (unpaired) electrons.